The van der Waals surface area contributed by atoms with Gasteiger partial charge in [-0.2, -0.15) is 13.2 Å². The number of aromatic nitrogens is 1. The van der Waals surface area contributed by atoms with Crippen LogP contribution in [-0.4, -0.2) is 18.0 Å². The molecule has 0 aliphatic carbocycles. The maximum absolute atomic E-state index is 12.9. The SMILES string of the molecule is C=C/C=C(\C(=C/C(C)CC)OCC(F)F)c1nc2cc(C(F)(F)F)ccc2o1. The van der Waals surface area contributed by atoms with Crippen molar-refractivity contribution in [3.05, 3.63) is 60.2 Å². The van der Waals surface area contributed by atoms with Crippen LogP contribution in [0.15, 0.2) is 53.2 Å². The van der Waals surface area contributed by atoms with Crippen LogP contribution in [0.5, 0.6) is 0 Å². The van der Waals surface area contributed by atoms with Gasteiger partial charge in [0.1, 0.15) is 17.9 Å². The van der Waals surface area contributed by atoms with E-state index >= 15 is 0 Å². The van der Waals surface area contributed by atoms with Gasteiger partial charge in [-0.05, 0) is 42.7 Å². The summed E-state index contributed by atoms with van der Waals surface area (Å²) in [5.41, 5.74) is -0.509. The number of nitrogens with zero attached hydrogens (tertiary/aromatic N) is 1. The zero-order chi connectivity index (χ0) is 20.9. The normalized spacial score (nSPS) is 14.6. The first-order valence-corrected chi connectivity index (χ1v) is 8.59. The van der Waals surface area contributed by atoms with E-state index in [1.165, 1.54) is 12.2 Å². The molecule has 8 heteroatoms. The first kappa shape index (κ1) is 21.7. The highest BCUT2D eigenvalue weighted by Gasteiger charge is 2.31. The number of hydrogen-bond acceptors (Lipinski definition) is 3. The van der Waals surface area contributed by atoms with Crippen LogP contribution in [-0.2, 0) is 10.9 Å². The Balaban J connectivity index is 2.52. The van der Waals surface area contributed by atoms with E-state index in [1.807, 2.05) is 13.8 Å². The molecule has 1 unspecified atom stereocenters. The smallest absolute Gasteiger partial charge is 0.416 e. The number of halogens is 5. The first-order valence-electron chi connectivity index (χ1n) is 8.59. The van der Waals surface area contributed by atoms with Gasteiger partial charge < -0.3 is 9.15 Å². The molecule has 28 heavy (non-hydrogen) atoms. The molecule has 0 amide bonds. The van der Waals surface area contributed by atoms with Gasteiger partial charge in [-0.15, -0.1) is 0 Å². The van der Waals surface area contributed by atoms with Gasteiger partial charge in [-0.25, -0.2) is 13.8 Å². The summed E-state index contributed by atoms with van der Waals surface area (Å²) in [7, 11) is 0. The van der Waals surface area contributed by atoms with E-state index < -0.39 is 24.8 Å². The first-order chi connectivity index (χ1) is 13.2. The molecule has 1 heterocycles. The average Bonchev–Trinajstić information content (AvgIpc) is 3.05. The third-order valence-electron chi connectivity index (χ3n) is 3.94. The highest BCUT2D eigenvalue weighted by molar-refractivity contribution is 5.80. The summed E-state index contributed by atoms with van der Waals surface area (Å²) in [6, 6.07) is 2.92. The molecule has 2 rings (SSSR count). The molecule has 0 saturated carbocycles. The maximum atomic E-state index is 12.9. The van der Waals surface area contributed by atoms with E-state index in [9.17, 15) is 22.0 Å². The molecule has 0 fully saturated rings. The van der Waals surface area contributed by atoms with Gasteiger partial charge in [0.25, 0.3) is 6.43 Å². The Labute approximate surface area is 159 Å². The van der Waals surface area contributed by atoms with Crippen molar-refractivity contribution in [3.8, 4) is 0 Å². The molecular formula is C20H20F5NO2. The Hall–Kier alpha value is -2.64. The summed E-state index contributed by atoms with van der Waals surface area (Å²) < 4.78 is 74.8. The third-order valence-corrected chi connectivity index (χ3v) is 3.94. The van der Waals surface area contributed by atoms with Crippen LogP contribution in [0.2, 0.25) is 0 Å². The second-order valence-electron chi connectivity index (χ2n) is 6.13. The fraction of sp³-hybridized carbons (Fsp3) is 0.350. The second kappa shape index (κ2) is 9.03. The van der Waals surface area contributed by atoms with Crippen molar-refractivity contribution in [2.24, 2.45) is 5.92 Å². The molecule has 0 N–H and O–H groups in total. The lowest BCUT2D eigenvalue weighted by Crippen LogP contribution is -2.07. The zero-order valence-electron chi connectivity index (χ0n) is 15.4. The lowest BCUT2D eigenvalue weighted by Gasteiger charge is -2.13. The minimum Gasteiger partial charge on any atom is -0.487 e. The molecule has 1 aromatic heterocycles. The van der Waals surface area contributed by atoms with Crippen molar-refractivity contribution < 1.29 is 31.1 Å². The van der Waals surface area contributed by atoms with E-state index in [1.54, 1.807) is 6.08 Å². The van der Waals surface area contributed by atoms with Crippen molar-refractivity contribution >= 4 is 16.7 Å². The van der Waals surface area contributed by atoms with Crippen LogP contribution in [0.3, 0.4) is 0 Å². The summed E-state index contributed by atoms with van der Waals surface area (Å²) in [6.07, 6.45) is -1.99. The number of hydrogen-bond donors (Lipinski definition) is 0. The molecular weight excluding hydrogens is 381 g/mol. The van der Waals surface area contributed by atoms with E-state index in [-0.39, 0.29) is 34.2 Å². The van der Waals surface area contributed by atoms with E-state index in [4.69, 9.17) is 9.15 Å². The quantitative estimate of drug-likeness (QED) is 0.283. The fourth-order valence-electron chi connectivity index (χ4n) is 2.34. The molecule has 3 nitrogen and oxygen atoms in total. The largest absolute Gasteiger partial charge is 0.487 e. The van der Waals surface area contributed by atoms with Crippen molar-refractivity contribution in [1.29, 1.82) is 0 Å². The Morgan fingerprint density at radius 1 is 1.32 bits per heavy atom. The van der Waals surface area contributed by atoms with Gasteiger partial charge in [0.2, 0.25) is 5.89 Å². The highest BCUT2D eigenvalue weighted by atomic mass is 19.4. The van der Waals surface area contributed by atoms with Gasteiger partial charge >= 0.3 is 6.18 Å². The number of alkyl halides is 5. The van der Waals surface area contributed by atoms with Gasteiger partial charge in [-0.1, -0.05) is 26.5 Å². The molecule has 2 aromatic rings. The fourth-order valence-corrected chi connectivity index (χ4v) is 2.34. The maximum Gasteiger partial charge on any atom is 0.416 e. The average molecular weight is 401 g/mol. The molecule has 1 aromatic carbocycles. The van der Waals surface area contributed by atoms with Crippen molar-refractivity contribution in [2.75, 3.05) is 6.61 Å². The molecule has 0 aliphatic rings. The van der Waals surface area contributed by atoms with Crippen LogP contribution in [0.25, 0.3) is 16.7 Å². The van der Waals surface area contributed by atoms with E-state index in [2.05, 4.69) is 11.6 Å². The van der Waals surface area contributed by atoms with E-state index in [0.717, 1.165) is 24.6 Å². The molecule has 1 atom stereocenters. The number of fused-ring (bicyclic) bond motifs is 1. The lowest BCUT2D eigenvalue weighted by atomic mass is 10.1. The van der Waals surface area contributed by atoms with E-state index in [0.29, 0.717) is 0 Å². The Bertz CT molecular complexity index is 880. The molecule has 0 spiro atoms. The van der Waals surface area contributed by atoms with Crippen molar-refractivity contribution in [1.82, 2.24) is 4.98 Å². The van der Waals surface area contributed by atoms with Gasteiger partial charge in [-0.3, -0.25) is 0 Å². The Morgan fingerprint density at radius 3 is 2.61 bits per heavy atom. The minimum absolute atomic E-state index is 0.00194. The van der Waals surface area contributed by atoms with Crippen LogP contribution in [0.1, 0.15) is 31.7 Å². The second-order valence-corrected chi connectivity index (χ2v) is 6.13. The molecule has 0 aliphatic heterocycles. The molecule has 0 saturated heterocycles. The summed E-state index contributed by atoms with van der Waals surface area (Å²) >= 11 is 0. The number of allylic oxidation sites excluding steroid dienone is 4. The van der Waals surface area contributed by atoms with Crippen LogP contribution >= 0.6 is 0 Å². The van der Waals surface area contributed by atoms with Crippen LogP contribution in [0.4, 0.5) is 22.0 Å². The molecule has 0 bridgehead atoms. The van der Waals surface area contributed by atoms with Crippen LogP contribution in [0, 0.1) is 5.92 Å². The van der Waals surface area contributed by atoms with Gasteiger partial charge in [0.05, 0.1) is 11.1 Å². The van der Waals surface area contributed by atoms with Crippen molar-refractivity contribution in [2.45, 2.75) is 32.9 Å². The zero-order valence-corrected chi connectivity index (χ0v) is 15.4. The Kier molecular flexibility index (Phi) is 6.99. The summed E-state index contributed by atoms with van der Waals surface area (Å²) in [5, 5.41) is 0. The molecule has 0 radical (unpaired) electrons. The van der Waals surface area contributed by atoms with Gasteiger partial charge in [0, 0.05) is 0 Å². The monoisotopic (exact) mass is 401 g/mol. The van der Waals surface area contributed by atoms with Crippen molar-refractivity contribution in [3.63, 3.8) is 0 Å². The number of benzene rings is 1. The standard InChI is InChI=1S/C20H20F5NO2/c1-4-6-14(17(9-12(3)5-2)27-11-18(21)22)19-26-15-10-13(20(23,24)25)7-8-16(15)28-19/h4,6-10,12,18H,1,5,11H2,2-3H3/b14-6+,17-9+. The predicted molar refractivity (Wildman–Crippen MR) is 96.7 cm³/mol. The summed E-state index contributed by atoms with van der Waals surface area (Å²) in [4.78, 5) is 4.10. The number of rotatable bonds is 8. The predicted octanol–water partition coefficient (Wildman–Crippen LogP) is 6.63. The summed E-state index contributed by atoms with van der Waals surface area (Å²) in [5.74, 6) is 0.0669. The summed E-state index contributed by atoms with van der Waals surface area (Å²) in [6.45, 7) is 6.53. The van der Waals surface area contributed by atoms with Crippen LogP contribution < -0.4 is 0 Å². The lowest BCUT2D eigenvalue weighted by molar-refractivity contribution is -0.137. The molecule has 152 valence electrons. The minimum atomic E-state index is -4.52. The third kappa shape index (κ3) is 5.43. The van der Waals surface area contributed by atoms with Gasteiger partial charge in [0.15, 0.2) is 5.58 Å². The number of oxazole rings is 1. The Morgan fingerprint density at radius 2 is 2.04 bits per heavy atom. The topological polar surface area (TPSA) is 35.3 Å². The highest BCUT2D eigenvalue weighted by Crippen LogP contribution is 2.33. The number of ether oxygens (including phenoxy) is 1.